The molecule has 0 N–H and O–H groups in total. The Morgan fingerprint density at radius 3 is 2.48 bits per heavy atom. The number of rotatable bonds is 7. The average Bonchev–Trinajstić information content (AvgIpc) is 3.29. The van der Waals surface area contributed by atoms with E-state index in [1.54, 1.807) is 31.2 Å². The molecule has 0 saturated heterocycles. The second-order valence-corrected chi connectivity index (χ2v) is 14.0. The molecule has 9 nitrogen and oxygen atoms in total. The molecule has 0 radical (unpaired) electrons. The summed E-state index contributed by atoms with van der Waals surface area (Å²) in [7, 11) is -6.49. The first kappa shape index (κ1) is 33.5. The molecule has 2 unspecified atom stereocenters. The van der Waals surface area contributed by atoms with Gasteiger partial charge in [0.15, 0.2) is 17.2 Å². The highest BCUT2D eigenvalue weighted by atomic mass is 32.2. The Morgan fingerprint density at radius 1 is 1.08 bits per heavy atom. The first-order chi connectivity index (χ1) is 22.4. The molecule has 6 rings (SSSR count). The van der Waals surface area contributed by atoms with Gasteiger partial charge < -0.3 is 23.3 Å². The van der Waals surface area contributed by atoms with E-state index in [9.17, 15) is 31.2 Å². The molecule has 3 aromatic rings. The number of carbonyl (C=O) groups excluding carboxylic acids is 2. The lowest BCUT2D eigenvalue weighted by molar-refractivity contribution is -0.143. The van der Waals surface area contributed by atoms with Gasteiger partial charge in [-0.25, -0.2) is 9.18 Å². The summed E-state index contributed by atoms with van der Waals surface area (Å²) < 4.78 is 116. The standard InChI is InChI=1S/C33H30F5NO8S/c1-5-44-26(40)11-8-12-39-24-15-25-21(13-19(24)17(2)16-31(39,3)4)32(20-10-7-6-9-18(20)30(41)46-32)22-14-23(34)29(27(35)28(22)45-25)47-48(42,43)33(36,37)38/h6-7,9-10,13-15,17H,5,8,11-12,16H2,1-4H3. The van der Waals surface area contributed by atoms with E-state index in [2.05, 4.69) is 4.18 Å². The number of nitrogens with zero attached hydrogens (tertiary/aromatic N) is 1. The van der Waals surface area contributed by atoms with E-state index in [-0.39, 0.29) is 47.4 Å². The third-order valence-electron chi connectivity index (χ3n) is 8.91. The summed E-state index contributed by atoms with van der Waals surface area (Å²) in [6, 6.07) is 9.94. The molecule has 1 spiro atoms. The van der Waals surface area contributed by atoms with Crippen molar-refractivity contribution in [1.29, 1.82) is 0 Å². The molecular weight excluding hydrogens is 665 g/mol. The van der Waals surface area contributed by atoms with Gasteiger partial charge in [0.1, 0.15) is 5.75 Å². The van der Waals surface area contributed by atoms with Crippen LogP contribution in [0.2, 0.25) is 0 Å². The maximum atomic E-state index is 16.1. The molecule has 0 aliphatic carbocycles. The van der Waals surface area contributed by atoms with Crippen molar-refractivity contribution in [2.75, 3.05) is 18.1 Å². The van der Waals surface area contributed by atoms with Crippen LogP contribution in [-0.2, 0) is 30.0 Å². The highest BCUT2D eigenvalue weighted by molar-refractivity contribution is 7.88. The first-order valence-corrected chi connectivity index (χ1v) is 16.5. The van der Waals surface area contributed by atoms with Gasteiger partial charge in [0.25, 0.3) is 0 Å². The first-order valence-electron chi connectivity index (χ1n) is 15.1. The van der Waals surface area contributed by atoms with Crippen molar-refractivity contribution >= 4 is 27.7 Å². The number of hydrogen-bond donors (Lipinski definition) is 0. The van der Waals surface area contributed by atoms with Crippen LogP contribution in [0.4, 0.5) is 27.6 Å². The fraction of sp³-hybridized carbons (Fsp3) is 0.394. The molecule has 256 valence electrons. The van der Waals surface area contributed by atoms with E-state index >= 15 is 8.78 Å². The predicted molar refractivity (Wildman–Crippen MR) is 161 cm³/mol. The predicted octanol–water partition coefficient (Wildman–Crippen LogP) is 7.20. The molecule has 3 aliphatic heterocycles. The molecule has 15 heteroatoms. The summed E-state index contributed by atoms with van der Waals surface area (Å²) in [6.45, 7) is 8.36. The molecule has 0 fully saturated rings. The Morgan fingerprint density at radius 2 is 1.79 bits per heavy atom. The SMILES string of the molecule is CCOC(=O)CCCN1c2cc3c(cc2C(C)CC1(C)C)C1(OC(=O)c2ccccc21)c1cc(F)c(OS(=O)(=O)C(F)(F)F)c(F)c1O3. The molecular formula is C33H30F5NO8S. The smallest absolute Gasteiger partial charge is 0.466 e. The van der Waals surface area contributed by atoms with Crippen molar-refractivity contribution in [2.45, 2.75) is 69.5 Å². The number of fused-ring (bicyclic) bond motifs is 7. The molecule has 0 bridgehead atoms. The molecule has 3 heterocycles. The van der Waals surface area contributed by atoms with Crippen LogP contribution in [0, 0.1) is 11.6 Å². The second kappa shape index (κ2) is 11.3. The van der Waals surface area contributed by atoms with Crippen LogP contribution in [0.3, 0.4) is 0 Å². The fourth-order valence-corrected chi connectivity index (χ4v) is 7.42. The highest BCUT2D eigenvalue weighted by Crippen LogP contribution is 2.60. The lowest BCUT2D eigenvalue weighted by Crippen LogP contribution is -2.49. The maximum absolute atomic E-state index is 16.1. The van der Waals surface area contributed by atoms with Crippen molar-refractivity contribution < 1.29 is 58.4 Å². The Hall–Kier alpha value is -4.40. The van der Waals surface area contributed by atoms with Crippen LogP contribution < -0.4 is 13.8 Å². The highest BCUT2D eigenvalue weighted by Gasteiger charge is 2.56. The number of carbonyl (C=O) groups is 2. The number of benzene rings is 3. The average molecular weight is 696 g/mol. The van der Waals surface area contributed by atoms with Crippen LogP contribution in [0.1, 0.15) is 85.5 Å². The molecule has 0 amide bonds. The third-order valence-corrected chi connectivity index (χ3v) is 9.86. The number of esters is 2. The zero-order valence-electron chi connectivity index (χ0n) is 26.2. The fourth-order valence-electron chi connectivity index (χ4n) is 6.96. The van der Waals surface area contributed by atoms with Gasteiger partial charge in [0.05, 0.1) is 17.7 Å². The van der Waals surface area contributed by atoms with E-state index in [0.29, 0.717) is 31.1 Å². The summed E-state index contributed by atoms with van der Waals surface area (Å²) in [5, 5.41) is 0. The Bertz CT molecular complexity index is 1960. The second-order valence-electron chi connectivity index (χ2n) is 12.5. The zero-order chi connectivity index (χ0) is 35.0. The van der Waals surface area contributed by atoms with Crippen LogP contribution in [0.25, 0.3) is 0 Å². The molecule has 3 aromatic carbocycles. The number of hydrogen-bond acceptors (Lipinski definition) is 9. The number of anilines is 1. The van der Waals surface area contributed by atoms with Gasteiger partial charge >= 0.3 is 27.6 Å². The Kier molecular flexibility index (Phi) is 7.92. The zero-order valence-corrected chi connectivity index (χ0v) is 27.0. The van der Waals surface area contributed by atoms with E-state index in [1.165, 1.54) is 12.1 Å². The van der Waals surface area contributed by atoms with Crippen molar-refractivity contribution in [1.82, 2.24) is 0 Å². The molecule has 48 heavy (non-hydrogen) atoms. The summed E-state index contributed by atoms with van der Waals surface area (Å²) in [5.74, 6) is -7.80. The molecule has 2 atom stereocenters. The lowest BCUT2D eigenvalue weighted by atomic mass is 9.74. The van der Waals surface area contributed by atoms with Crippen molar-refractivity contribution in [3.8, 4) is 17.2 Å². The minimum atomic E-state index is -6.49. The number of halogens is 5. The molecule has 0 aromatic heterocycles. The molecule has 0 saturated carbocycles. The van der Waals surface area contributed by atoms with Crippen LogP contribution in [0.15, 0.2) is 42.5 Å². The van der Waals surface area contributed by atoms with Gasteiger partial charge in [-0.15, -0.1) is 0 Å². The van der Waals surface area contributed by atoms with Crippen molar-refractivity contribution in [3.05, 3.63) is 81.9 Å². The summed E-state index contributed by atoms with van der Waals surface area (Å²) in [4.78, 5) is 27.4. The van der Waals surface area contributed by atoms with E-state index in [1.807, 2.05) is 25.7 Å². The minimum Gasteiger partial charge on any atom is -0.466 e. The van der Waals surface area contributed by atoms with Gasteiger partial charge in [-0.3, -0.25) is 4.79 Å². The van der Waals surface area contributed by atoms with Crippen LogP contribution >= 0.6 is 0 Å². The Balaban J connectivity index is 1.57. The Labute approximate surface area is 272 Å². The summed E-state index contributed by atoms with van der Waals surface area (Å²) in [5.41, 5.74) is -7.02. The summed E-state index contributed by atoms with van der Waals surface area (Å²) >= 11 is 0. The van der Waals surface area contributed by atoms with E-state index in [4.69, 9.17) is 14.2 Å². The van der Waals surface area contributed by atoms with Crippen molar-refractivity contribution in [2.24, 2.45) is 0 Å². The lowest BCUT2D eigenvalue weighted by Gasteiger charge is -2.48. The topological polar surface area (TPSA) is 108 Å². The van der Waals surface area contributed by atoms with Crippen LogP contribution in [0.5, 0.6) is 17.2 Å². The quantitative estimate of drug-likeness (QED) is 0.110. The third kappa shape index (κ3) is 5.13. The summed E-state index contributed by atoms with van der Waals surface area (Å²) in [6.07, 6.45) is 1.24. The number of ether oxygens (including phenoxy) is 3. The van der Waals surface area contributed by atoms with Gasteiger partial charge in [-0.05, 0) is 63.3 Å². The van der Waals surface area contributed by atoms with Gasteiger partial charge in [0, 0.05) is 41.4 Å². The van der Waals surface area contributed by atoms with Crippen molar-refractivity contribution in [3.63, 3.8) is 0 Å². The normalized spacial score (nSPS) is 20.6. The monoisotopic (exact) mass is 695 g/mol. The van der Waals surface area contributed by atoms with Gasteiger partial charge in [-0.1, -0.05) is 25.1 Å². The molecule has 3 aliphatic rings. The van der Waals surface area contributed by atoms with E-state index in [0.717, 1.165) is 5.56 Å². The van der Waals surface area contributed by atoms with Gasteiger partial charge in [0.2, 0.25) is 11.6 Å². The van der Waals surface area contributed by atoms with E-state index < -0.39 is 61.4 Å². The number of alkyl halides is 3. The minimum absolute atomic E-state index is 0.0737. The maximum Gasteiger partial charge on any atom is 0.534 e. The van der Waals surface area contributed by atoms with Gasteiger partial charge in [-0.2, -0.15) is 26.0 Å². The van der Waals surface area contributed by atoms with Crippen LogP contribution in [-0.4, -0.2) is 44.6 Å². The largest absolute Gasteiger partial charge is 0.534 e.